The Labute approximate surface area is 52.1 Å². The van der Waals surface area contributed by atoms with Crippen LogP contribution in [0.4, 0.5) is 0 Å². The molecule has 0 aromatic heterocycles. The molecule has 0 saturated heterocycles. The molecule has 1 atom stereocenters. The molecule has 0 bridgehead atoms. The Morgan fingerprint density at radius 1 is 1.83 bits per heavy atom. The lowest BCUT2D eigenvalue weighted by Crippen LogP contribution is -2.26. The molecule has 5 heteroatoms. The van der Waals surface area contributed by atoms with Crippen molar-refractivity contribution in [2.24, 2.45) is 0 Å². The van der Waals surface area contributed by atoms with Gasteiger partial charge in [-0.15, -0.1) is 12.8 Å². The van der Waals surface area contributed by atoms with E-state index in [2.05, 4.69) is 23.0 Å². The highest BCUT2D eigenvalue weighted by atomic mass is 32.1. The highest BCUT2D eigenvalue weighted by molar-refractivity contribution is 7.80. The molecule has 0 aliphatic carbocycles. The van der Waals surface area contributed by atoms with Gasteiger partial charge in [0, 0.05) is 9.76 Å². The van der Waals surface area contributed by atoms with Crippen LogP contribution in [0, 0.1) is 0 Å². The molecule has 0 aliphatic heterocycles. The molecular weight excluding hydrogens is 142 g/mol. The Morgan fingerprint density at radius 2 is 2.00 bits per heavy atom. The van der Waals surface area contributed by atoms with E-state index in [1.807, 2.05) is 0 Å². The lowest BCUT2D eigenvalue weighted by molar-refractivity contribution is 1.19. The van der Waals surface area contributed by atoms with E-state index in [-0.39, 0.29) is 8.48 Å². The number of hydrogen-bond acceptors (Lipinski definition) is 2. The molecule has 0 saturated carbocycles. The summed E-state index contributed by atoms with van der Waals surface area (Å²) >= 11 is 4.18. The van der Waals surface area contributed by atoms with Crippen LogP contribution in [0.25, 0.3) is 0 Å². The molecule has 0 aliphatic rings. The van der Waals surface area contributed by atoms with Gasteiger partial charge in [0.25, 0.3) is 0 Å². The second-order valence-corrected chi connectivity index (χ2v) is 13.5. The maximum atomic E-state index is 4.18. The summed E-state index contributed by atoms with van der Waals surface area (Å²) in [6.07, 6.45) is 0. The third kappa shape index (κ3) is 3.16. The summed E-state index contributed by atoms with van der Waals surface area (Å²) in [6, 6.07) is 0. The van der Waals surface area contributed by atoms with Crippen molar-refractivity contribution in [1.82, 2.24) is 3.64 Å². The average molecular weight is 153 g/mol. The van der Waals surface area contributed by atoms with E-state index in [4.69, 9.17) is 0 Å². The van der Waals surface area contributed by atoms with Gasteiger partial charge in [0.05, 0.1) is 18.9 Å². The Kier molecular flexibility index (Phi) is 3.51. The van der Waals surface area contributed by atoms with Crippen LogP contribution < -0.4 is 0 Å². The van der Waals surface area contributed by atoms with E-state index >= 15 is 0 Å². The van der Waals surface area contributed by atoms with E-state index in [1.165, 1.54) is 9.76 Å². The smallest absolute Gasteiger partial charge is 0.0914 e. The Balaban J connectivity index is 2.99. The predicted molar refractivity (Wildman–Crippen MR) is 43.7 cm³/mol. The SMILES string of the molecule is C[SiH]([SiH3])N([SiH3])S. The van der Waals surface area contributed by atoms with Crippen molar-refractivity contribution in [3.05, 3.63) is 0 Å². The largest absolute Gasteiger partial charge is 0.309 e. The molecule has 0 amide bonds. The van der Waals surface area contributed by atoms with Crippen LogP contribution in [-0.4, -0.2) is 32.3 Å². The lowest BCUT2D eigenvalue weighted by Gasteiger charge is -2.09. The lowest BCUT2D eigenvalue weighted by atomic mass is 11.9. The van der Waals surface area contributed by atoms with Gasteiger partial charge in [-0.05, 0) is 0 Å². The van der Waals surface area contributed by atoms with E-state index in [9.17, 15) is 0 Å². The normalized spacial score (nSPS) is 16.5. The first kappa shape index (κ1) is 6.96. The first-order chi connectivity index (χ1) is 2.64. The zero-order valence-electron chi connectivity index (χ0n) is 4.47. The quantitative estimate of drug-likeness (QED) is 0.326. The maximum absolute atomic E-state index is 4.18. The van der Waals surface area contributed by atoms with Crippen LogP contribution in [0.5, 0.6) is 0 Å². The van der Waals surface area contributed by atoms with Crippen molar-refractivity contribution in [3.63, 3.8) is 0 Å². The van der Waals surface area contributed by atoms with Gasteiger partial charge in [0.1, 0.15) is 0 Å². The Morgan fingerprint density at radius 3 is 2.00 bits per heavy atom. The van der Waals surface area contributed by atoms with Gasteiger partial charge in [-0.3, -0.25) is 0 Å². The average Bonchev–Trinajstić information content (AvgIpc) is 1.36. The summed E-state index contributed by atoms with van der Waals surface area (Å²) in [5, 5.41) is 0. The zero-order chi connectivity index (χ0) is 5.15. The van der Waals surface area contributed by atoms with Crippen LogP contribution in [-0.2, 0) is 0 Å². The minimum absolute atomic E-state index is 0.346. The standard InChI is InChI=1S/CH11NSSi3/c1-6(5)2(3)4/h3,6H,1,4-5H3. The van der Waals surface area contributed by atoms with Gasteiger partial charge in [0.15, 0.2) is 0 Å². The molecule has 0 aromatic rings. The van der Waals surface area contributed by atoms with E-state index in [0.29, 0.717) is 0 Å². The van der Waals surface area contributed by atoms with Crippen LogP contribution in [0.15, 0.2) is 0 Å². The number of hydrogen-bond donors (Lipinski definition) is 1. The van der Waals surface area contributed by atoms with Crippen LogP contribution in [0.1, 0.15) is 0 Å². The van der Waals surface area contributed by atoms with Crippen molar-refractivity contribution < 1.29 is 0 Å². The van der Waals surface area contributed by atoms with Crippen molar-refractivity contribution >= 4 is 41.5 Å². The topological polar surface area (TPSA) is 3.24 Å². The van der Waals surface area contributed by atoms with Crippen LogP contribution >= 0.6 is 12.8 Å². The third-order valence-electron chi connectivity index (χ3n) is 0.747. The molecule has 0 aromatic carbocycles. The highest BCUT2D eigenvalue weighted by Gasteiger charge is 1.94. The summed E-state index contributed by atoms with van der Waals surface area (Å²) in [4.78, 5) is 0. The Bertz CT molecular complexity index is 31.8. The van der Waals surface area contributed by atoms with Crippen LogP contribution in [0.2, 0.25) is 6.55 Å². The molecule has 38 valence electrons. The molecule has 0 spiro atoms. The molecule has 0 N–H and O–H groups in total. The van der Waals surface area contributed by atoms with Crippen molar-refractivity contribution in [1.29, 1.82) is 0 Å². The van der Waals surface area contributed by atoms with Crippen molar-refractivity contribution in [2.75, 3.05) is 0 Å². The summed E-state index contributed by atoms with van der Waals surface area (Å²) < 4.78 is 2.20. The summed E-state index contributed by atoms with van der Waals surface area (Å²) in [5.74, 6) is 0. The van der Waals surface area contributed by atoms with Gasteiger partial charge < -0.3 is 3.64 Å². The van der Waals surface area contributed by atoms with Crippen molar-refractivity contribution in [2.45, 2.75) is 6.55 Å². The number of nitrogens with zero attached hydrogens (tertiary/aromatic N) is 1. The molecule has 1 nitrogen and oxygen atoms in total. The van der Waals surface area contributed by atoms with E-state index in [0.717, 1.165) is 10.4 Å². The molecule has 1 unspecified atom stereocenters. The van der Waals surface area contributed by atoms with E-state index < -0.39 is 0 Å². The first-order valence-electron chi connectivity index (χ1n) is 2.06. The second kappa shape index (κ2) is 3.03. The summed E-state index contributed by atoms with van der Waals surface area (Å²) in [7, 11) is 2.18. The zero-order valence-corrected chi connectivity index (χ0v) is 10.5. The van der Waals surface area contributed by atoms with Gasteiger partial charge in [-0.2, -0.15) is 0 Å². The van der Waals surface area contributed by atoms with Crippen molar-refractivity contribution in [3.8, 4) is 0 Å². The fourth-order valence-electron chi connectivity index (χ4n) is 0. The molecule has 0 rings (SSSR count). The summed E-state index contributed by atoms with van der Waals surface area (Å²) in [6.45, 7) is 2.33. The fraction of sp³-hybridized carbons (Fsp3) is 1.00. The summed E-state index contributed by atoms with van der Waals surface area (Å²) in [5.41, 5.74) is 0. The maximum Gasteiger partial charge on any atom is 0.0914 e. The van der Waals surface area contributed by atoms with E-state index in [1.54, 1.807) is 0 Å². The third-order valence-corrected chi connectivity index (χ3v) is 13.5. The predicted octanol–water partition coefficient (Wildman–Crippen LogP) is -2.37. The monoisotopic (exact) mass is 153 g/mol. The fourth-order valence-corrected chi connectivity index (χ4v) is 0. The molecule has 0 radical (unpaired) electrons. The molecule has 6 heavy (non-hydrogen) atoms. The minimum Gasteiger partial charge on any atom is -0.309 e. The van der Waals surface area contributed by atoms with Gasteiger partial charge >= 0.3 is 0 Å². The molecule has 0 fully saturated rings. The number of rotatable bonds is 1. The molecule has 0 heterocycles. The van der Waals surface area contributed by atoms with Gasteiger partial charge in [-0.1, -0.05) is 6.55 Å². The first-order valence-corrected chi connectivity index (χ1v) is 9.64. The Hall–Kier alpha value is 0.961. The highest BCUT2D eigenvalue weighted by Crippen LogP contribution is 1.84. The number of thiol groups is 1. The van der Waals surface area contributed by atoms with Gasteiger partial charge in [0.2, 0.25) is 0 Å². The molecular formula is CH11NSSi3. The second-order valence-electron chi connectivity index (χ2n) is 1.67. The minimum atomic E-state index is -0.346. The van der Waals surface area contributed by atoms with Crippen LogP contribution in [0.3, 0.4) is 0 Å². The van der Waals surface area contributed by atoms with Gasteiger partial charge in [-0.25, -0.2) is 0 Å².